The van der Waals surface area contributed by atoms with Crippen LogP contribution in [0, 0.1) is 0 Å². The number of thioether (sulfide) groups is 1. The third-order valence-electron chi connectivity index (χ3n) is 4.50. The zero-order valence-electron chi connectivity index (χ0n) is 22.5. The first-order valence-electron chi connectivity index (χ1n) is 11.7. The molecule has 0 aliphatic carbocycles. The van der Waals surface area contributed by atoms with Gasteiger partial charge in [0.1, 0.15) is 17.3 Å². The van der Waals surface area contributed by atoms with Gasteiger partial charge in [-0.05, 0) is 30.9 Å². The highest BCUT2D eigenvalue weighted by Gasteiger charge is 2.30. The van der Waals surface area contributed by atoms with Crippen molar-refractivity contribution in [2.45, 2.75) is 26.2 Å². The maximum atomic E-state index is 12.0. The molecule has 0 unspecified atom stereocenters. The molecule has 0 radical (unpaired) electrons. The number of halogens is 6. The molecule has 3 aromatic rings. The number of nitrogens with two attached hydrogens (primary N) is 1. The van der Waals surface area contributed by atoms with E-state index in [4.69, 9.17) is 5.73 Å². The Bertz CT molecular complexity index is 1340. The van der Waals surface area contributed by atoms with Crippen LogP contribution in [0.25, 0.3) is 4.91 Å². The summed E-state index contributed by atoms with van der Waals surface area (Å²) in [5, 5.41) is 8.33. The molecule has 0 fully saturated rings. The summed E-state index contributed by atoms with van der Waals surface area (Å²) in [5.74, 6) is 0.145. The lowest BCUT2D eigenvalue weighted by Gasteiger charge is -2.14. The molecule has 16 heteroatoms. The third kappa shape index (κ3) is 12.7. The van der Waals surface area contributed by atoms with E-state index in [-0.39, 0.29) is 17.2 Å². The predicted molar refractivity (Wildman–Crippen MR) is 153 cm³/mol. The highest BCUT2D eigenvalue weighted by Crippen LogP contribution is 2.36. The van der Waals surface area contributed by atoms with E-state index in [1.54, 1.807) is 12.1 Å². The van der Waals surface area contributed by atoms with E-state index >= 15 is 0 Å². The highest BCUT2D eigenvalue weighted by atomic mass is 32.2. The van der Waals surface area contributed by atoms with Gasteiger partial charge in [-0.15, -0.1) is 11.3 Å². The Hall–Kier alpha value is -3.92. The number of thiazole rings is 1. The largest absolute Gasteiger partial charge is 0.484 e. The summed E-state index contributed by atoms with van der Waals surface area (Å²) in [6.07, 6.45) is -6.81. The first-order chi connectivity index (χ1) is 19.6. The molecule has 2 heterocycles. The van der Waals surface area contributed by atoms with Crippen LogP contribution in [-0.2, 0) is 0 Å². The summed E-state index contributed by atoms with van der Waals surface area (Å²) in [4.78, 5) is 21.1. The maximum Gasteiger partial charge on any atom is 0.422 e. The van der Waals surface area contributed by atoms with Crippen LogP contribution in [0.3, 0.4) is 0 Å². The van der Waals surface area contributed by atoms with Crippen molar-refractivity contribution in [1.29, 1.82) is 0 Å². The fourth-order valence-electron chi connectivity index (χ4n) is 2.82. The number of nitrogens with one attached hydrogen (secondary N) is 2. The molecule has 0 saturated heterocycles. The molecular weight excluding hydrogens is 608 g/mol. The van der Waals surface area contributed by atoms with Gasteiger partial charge in [-0.1, -0.05) is 18.3 Å². The lowest BCUT2D eigenvalue weighted by molar-refractivity contribution is -0.153. The molecule has 228 valence electrons. The summed E-state index contributed by atoms with van der Waals surface area (Å²) < 4.78 is 81.0. The Morgan fingerprint density at radius 3 is 2.10 bits per heavy atom. The number of rotatable bonds is 11. The van der Waals surface area contributed by atoms with Crippen molar-refractivity contribution in [3.05, 3.63) is 70.3 Å². The van der Waals surface area contributed by atoms with Gasteiger partial charge in [0.05, 0.1) is 10.6 Å². The number of carbonyl (C=O) groups excluding carboxylic acids is 1. The number of hydrogen-bond donors (Lipinski definition) is 3. The number of anilines is 3. The Kier molecular flexibility index (Phi) is 12.5. The van der Waals surface area contributed by atoms with E-state index in [2.05, 4.69) is 36.7 Å². The second-order valence-corrected chi connectivity index (χ2v) is 10.5. The number of ether oxygens (including phenoxy) is 2. The average Bonchev–Trinajstić information content (AvgIpc) is 3.37. The molecule has 0 aliphatic rings. The van der Waals surface area contributed by atoms with Crippen molar-refractivity contribution in [2.75, 3.05) is 30.9 Å². The van der Waals surface area contributed by atoms with E-state index in [9.17, 15) is 31.1 Å². The van der Waals surface area contributed by atoms with Crippen molar-refractivity contribution in [2.24, 2.45) is 5.73 Å². The molecule has 0 amide bonds. The van der Waals surface area contributed by atoms with E-state index in [0.717, 1.165) is 27.9 Å². The summed E-state index contributed by atoms with van der Waals surface area (Å²) >= 11 is 2.97. The number of carbonyl (C=O) groups is 1. The number of aldehydes is 1. The predicted octanol–water partition coefficient (Wildman–Crippen LogP) is 7.62. The van der Waals surface area contributed by atoms with Crippen LogP contribution in [0.5, 0.6) is 11.5 Å². The molecule has 0 spiro atoms. The van der Waals surface area contributed by atoms with Crippen LogP contribution in [-0.4, -0.2) is 48.9 Å². The van der Waals surface area contributed by atoms with Crippen LogP contribution < -0.4 is 25.8 Å². The normalized spacial score (nSPS) is 11.9. The molecule has 3 rings (SSSR count). The van der Waals surface area contributed by atoms with E-state index in [1.165, 1.54) is 48.5 Å². The molecule has 1 aromatic carbocycles. The second kappa shape index (κ2) is 15.3. The number of allylic oxidation sites excluding steroid dienone is 2. The lowest BCUT2D eigenvalue weighted by Crippen LogP contribution is -2.20. The van der Waals surface area contributed by atoms with E-state index < -0.39 is 25.6 Å². The zero-order valence-corrected chi connectivity index (χ0v) is 24.2. The number of hydrogen-bond acceptors (Lipinski definition) is 10. The molecule has 0 aliphatic heterocycles. The molecule has 0 atom stereocenters. The fraction of sp³-hybridized carbons (Fsp3) is 0.269. The van der Waals surface area contributed by atoms with Crippen molar-refractivity contribution in [3.63, 3.8) is 0 Å². The van der Waals surface area contributed by atoms with E-state index in [1.807, 2.05) is 19.2 Å². The summed E-state index contributed by atoms with van der Waals surface area (Å²) in [6.45, 7) is 4.58. The Morgan fingerprint density at radius 1 is 1.07 bits per heavy atom. The first kappa shape index (κ1) is 34.3. The zero-order chi connectivity index (χ0) is 31.5. The van der Waals surface area contributed by atoms with Crippen molar-refractivity contribution < 1.29 is 40.6 Å². The Morgan fingerprint density at radius 2 is 1.67 bits per heavy atom. The van der Waals surface area contributed by atoms with Crippen molar-refractivity contribution >= 4 is 50.9 Å². The minimum Gasteiger partial charge on any atom is -0.484 e. The van der Waals surface area contributed by atoms with Crippen molar-refractivity contribution in [3.8, 4) is 11.5 Å². The average molecular weight is 636 g/mol. The quantitative estimate of drug-likeness (QED) is 0.145. The molecule has 2 aromatic heterocycles. The minimum absolute atomic E-state index is 0.244. The Balaban J connectivity index is 0.000000295. The lowest BCUT2D eigenvalue weighted by atomic mass is 10.3. The monoisotopic (exact) mass is 635 g/mol. The van der Waals surface area contributed by atoms with E-state index in [0.29, 0.717) is 22.2 Å². The molecule has 0 saturated carbocycles. The highest BCUT2D eigenvalue weighted by molar-refractivity contribution is 8.11. The fourth-order valence-corrected chi connectivity index (χ4v) is 4.32. The third-order valence-corrected chi connectivity index (χ3v) is 6.34. The molecular formula is C26H27F6N5O3S2. The van der Waals surface area contributed by atoms with Gasteiger partial charge in [0.2, 0.25) is 0 Å². The van der Waals surface area contributed by atoms with Gasteiger partial charge in [-0.25, -0.2) is 9.97 Å². The van der Waals surface area contributed by atoms with Crippen molar-refractivity contribution in [1.82, 2.24) is 9.97 Å². The van der Waals surface area contributed by atoms with Crippen LogP contribution in [0.4, 0.5) is 43.0 Å². The summed E-state index contributed by atoms with van der Waals surface area (Å²) in [7, 11) is 1.45. The Labute approximate surface area is 246 Å². The minimum atomic E-state index is -4.54. The standard InChI is InChI=1S/C15H16N4OS2.C11H11F6NO2/c1-9(2)22-14(10(3)16)12-8-21-15(18-12)19-13-5-4-11(7-20)6-17-13;1-18-7-2-8(19-5-10(12,13)14)4-9(3-7)20-6-11(15,16)17/h4-8H,1,16H2,2-3H3,(H,17,18,19);2-4,18H,5-6H2,1H3/b14-10-;. The van der Waals surface area contributed by atoms with Gasteiger partial charge in [0, 0.05) is 53.8 Å². The molecule has 8 nitrogen and oxygen atoms in total. The van der Waals surface area contributed by atoms with Gasteiger partial charge < -0.3 is 25.8 Å². The number of alkyl halides is 6. The topological polar surface area (TPSA) is 111 Å². The van der Waals surface area contributed by atoms with Crippen LogP contribution >= 0.6 is 23.1 Å². The van der Waals surface area contributed by atoms with Gasteiger partial charge >= 0.3 is 12.4 Å². The number of nitrogens with zero attached hydrogens (tertiary/aromatic N) is 2. The van der Waals surface area contributed by atoms with Crippen LogP contribution in [0.2, 0.25) is 0 Å². The first-order valence-corrected chi connectivity index (χ1v) is 13.4. The maximum absolute atomic E-state index is 12.0. The van der Waals surface area contributed by atoms with Gasteiger partial charge in [-0.2, -0.15) is 26.3 Å². The summed E-state index contributed by atoms with van der Waals surface area (Å²) in [5.41, 5.74) is 8.24. The SMILES string of the molecule is C=C(C)S/C(=C(/C)N)c1csc(Nc2ccc(C=O)cn2)n1.CNc1cc(OCC(F)(F)F)cc(OCC(F)(F)F)c1. The van der Waals surface area contributed by atoms with Gasteiger partial charge in [-0.3, -0.25) is 4.79 Å². The number of pyridine rings is 1. The van der Waals surface area contributed by atoms with Crippen LogP contribution in [0.1, 0.15) is 29.9 Å². The number of aromatic nitrogens is 2. The smallest absolute Gasteiger partial charge is 0.422 e. The molecule has 42 heavy (non-hydrogen) atoms. The second-order valence-electron chi connectivity index (χ2n) is 8.32. The van der Waals surface area contributed by atoms with Gasteiger partial charge in [0.15, 0.2) is 24.6 Å². The molecule has 0 bridgehead atoms. The summed E-state index contributed by atoms with van der Waals surface area (Å²) in [6, 6.07) is 6.82. The number of benzene rings is 1. The van der Waals surface area contributed by atoms with Gasteiger partial charge in [0.25, 0.3) is 0 Å². The molecule has 4 N–H and O–H groups in total. The van der Waals surface area contributed by atoms with Crippen LogP contribution in [0.15, 0.2) is 59.1 Å².